The number of rotatable bonds is 4. The molecule has 1 heterocycles. The molecule has 0 aliphatic carbocycles. The molecule has 18 heavy (non-hydrogen) atoms. The van der Waals surface area contributed by atoms with Crippen molar-refractivity contribution >= 4 is 21.6 Å². The van der Waals surface area contributed by atoms with Crippen LogP contribution in [0.4, 0.5) is 5.69 Å². The van der Waals surface area contributed by atoms with E-state index in [-0.39, 0.29) is 0 Å². The maximum Gasteiger partial charge on any atom is 0.0492 e. The van der Waals surface area contributed by atoms with E-state index in [1.54, 1.807) is 0 Å². The number of halogens is 1. The Kier molecular flexibility index (Phi) is 4.07. The van der Waals surface area contributed by atoms with Gasteiger partial charge in [0.25, 0.3) is 0 Å². The molecule has 1 aromatic carbocycles. The van der Waals surface area contributed by atoms with Crippen molar-refractivity contribution in [3.8, 4) is 0 Å². The summed E-state index contributed by atoms with van der Waals surface area (Å²) >= 11 is 3.58. The Morgan fingerprint density at radius 2 is 1.94 bits per heavy atom. The minimum Gasteiger partial charge on any atom is -0.385 e. The van der Waals surface area contributed by atoms with Crippen LogP contribution in [-0.4, -0.2) is 16.3 Å². The Hall–Kier alpha value is -1.29. The Balaban J connectivity index is 1.97. The lowest BCUT2D eigenvalue weighted by atomic mass is 10.1. The maximum absolute atomic E-state index is 4.16. The number of anilines is 1. The Morgan fingerprint density at radius 1 is 1.28 bits per heavy atom. The van der Waals surface area contributed by atoms with E-state index in [1.807, 2.05) is 17.9 Å². The number of nitrogens with one attached hydrogen (secondary N) is 1. The van der Waals surface area contributed by atoms with Gasteiger partial charge in [-0.25, -0.2) is 0 Å². The van der Waals surface area contributed by atoms with Crippen molar-refractivity contribution in [2.24, 2.45) is 7.05 Å². The molecule has 96 valence electrons. The summed E-state index contributed by atoms with van der Waals surface area (Å²) in [5.74, 6) is 0. The van der Waals surface area contributed by atoms with Gasteiger partial charge in [0.2, 0.25) is 0 Å². The monoisotopic (exact) mass is 307 g/mol. The highest BCUT2D eigenvalue weighted by atomic mass is 79.9. The van der Waals surface area contributed by atoms with Gasteiger partial charge in [-0.15, -0.1) is 0 Å². The van der Waals surface area contributed by atoms with E-state index >= 15 is 0 Å². The van der Waals surface area contributed by atoms with Crippen LogP contribution in [0, 0.1) is 13.8 Å². The second-order valence-electron chi connectivity index (χ2n) is 4.55. The van der Waals surface area contributed by atoms with Crippen molar-refractivity contribution in [2.75, 3.05) is 11.9 Å². The fraction of sp³-hybridized carbons (Fsp3) is 0.357. The summed E-state index contributed by atoms with van der Waals surface area (Å²) in [6.07, 6.45) is 2.81. The second kappa shape index (κ2) is 5.57. The van der Waals surface area contributed by atoms with Gasteiger partial charge >= 0.3 is 0 Å². The van der Waals surface area contributed by atoms with Gasteiger partial charge in [-0.2, -0.15) is 5.10 Å². The van der Waals surface area contributed by atoms with Gasteiger partial charge in [0.15, 0.2) is 0 Å². The second-order valence-corrected chi connectivity index (χ2v) is 5.34. The predicted molar refractivity (Wildman–Crippen MR) is 79.0 cm³/mol. The van der Waals surface area contributed by atoms with Crippen LogP contribution in [0.1, 0.15) is 16.8 Å². The number of hydrogen-bond donors (Lipinski definition) is 1. The molecule has 0 radical (unpaired) electrons. The van der Waals surface area contributed by atoms with Crippen LogP contribution in [0.2, 0.25) is 0 Å². The predicted octanol–water partition coefficient (Wildman–Crippen LogP) is 3.45. The zero-order valence-corrected chi connectivity index (χ0v) is 12.6. The zero-order valence-electron chi connectivity index (χ0n) is 11.0. The summed E-state index contributed by atoms with van der Waals surface area (Å²) in [6, 6.07) is 6.39. The molecule has 1 N–H and O–H groups in total. The molecule has 0 fully saturated rings. The number of aromatic nitrogens is 2. The summed E-state index contributed by atoms with van der Waals surface area (Å²) in [5, 5.41) is 7.62. The summed E-state index contributed by atoms with van der Waals surface area (Å²) in [5.41, 5.74) is 4.94. The lowest BCUT2D eigenvalue weighted by Crippen LogP contribution is -2.08. The molecular weight excluding hydrogens is 290 g/mol. The van der Waals surface area contributed by atoms with Gasteiger partial charge in [0.05, 0.1) is 0 Å². The summed E-state index contributed by atoms with van der Waals surface area (Å²) < 4.78 is 3.11. The van der Waals surface area contributed by atoms with E-state index in [2.05, 4.69) is 58.4 Å². The largest absolute Gasteiger partial charge is 0.385 e. The summed E-state index contributed by atoms with van der Waals surface area (Å²) in [4.78, 5) is 0. The molecule has 3 nitrogen and oxygen atoms in total. The van der Waals surface area contributed by atoms with E-state index in [1.165, 1.54) is 27.0 Å². The van der Waals surface area contributed by atoms with Crippen molar-refractivity contribution in [1.29, 1.82) is 0 Å². The van der Waals surface area contributed by atoms with E-state index in [9.17, 15) is 0 Å². The van der Waals surface area contributed by atoms with Gasteiger partial charge in [-0.05, 0) is 43.2 Å². The van der Waals surface area contributed by atoms with Crippen molar-refractivity contribution in [3.63, 3.8) is 0 Å². The third-order valence-electron chi connectivity index (χ3n) is 3.07. The minimum absolute atomic E-state index is 0.917. The molecule has 1 aromatic heterocycles. The van der Waals surface area contributed by atoms with Gasteiger partial charge in [0, 0.05) is 42.1 Å². The lowest BCUT2D eigenvalue weighted by Gasteiger charge is -2.10. The lowest BCUT2D eigenvalue weighted by molar-refractivity contribution is 0.711. The molecule has 0 bridgehead atoms. The first-order valence-electron chi connectivity index (χ1n) is 6.05. The topological polar surface area (TPSA) is 29.9 Å². The van der Waals surface area contributed by atoms with E-state index < -0.39 is 0 Å². The smallest absolute Gasteiger partial charge is 0.0492 e. The SMILES string of the molecule is Cc1cc(NCCc2ccnn2C)cc(C)c1Br. The Bertz CT molecular complexity index is 523. The molecule has 0 aliphatic heterocycles. The first-order valence-corrected chi connectivity index (χ1v) is 6.84. The molecule has 0 saturated carbocycles. The van der Waals surface area contributed by atoms with Crippen LogP contribution in [-0.2, 0) is 13.5 Å². The van der Waals surface area contributed by atoms with Crippen LogP contribution in [0.15, 0.2) is 28.9 Å². The maximum atomic E-state index is 4.16. The van der Waals surface area contributed by atoms with Gasteiger partial charge < -0.3 is 5.32 Å². The van der Waals surface area contributed by atoms with Crippen LogP contribution < -0.4 is 5.32 Å². The zero-order chi connectivity index (χ0) is 13.1. The molecule has 0 unspecified atom stereocenters. The molecule has 0 spiro atoms. The fourth-order valence-corrected chi connectivity index (χ4v) is 2.26. The molecule has 2 aromatic rings. The average Bonchev–Trinajstić information content (AvgIpc) is 2.72. The highest BCUT2D eigenvalue weighted by Crippen LogP contribution is 2.24. The molecule has 2 rings (SSSR count). The van der Waals surface area contributed by atoms with Crippen LogP contribution in [0.25, 0.3) is 0 Å². The third-order valence-corrected chi connectivity index (χ3v) is 4.32. The van der Waals surface area contributed by atoms with Crippen LogP contribution in [0.3, 0.4) is 0 Å². The molecule has 0 amide bonds. The first kappa shape index (κ1) is 13.1. The van der Waals surface area contributed by atoms with Crippen molar-refractivity contribution in [2.45, 2.75) is 20.3 Å². The average molecular weight is 308 g/mol. The standard InChI is InChI=1S/C14H18BrN3/c1-10-8-12(9-11(2)14(10)15)16-6-4-13-5-7-17-18(13)3/h5,7-9,16H,4,6H2,1-3H3. The number of aryl methyl sites for hydroxylation is 3. The molecule has 0 aliphatic rings. The normalized spacial score (nSPS) is 10.7. The highest BCUT2D eigenvalue weighted by molar-refractivity contribution is 9.10. The van der Waals surface area contributed by atoms with Crippen molar-refractivity contribution < 1.29 is 0 Å². The first-order chi connectivity index (χ1) is 8.58. The fourth-order valence-electron chi connectivity index (χ4n) is 2.03. The number of hydrogen-bond acceptors (Lipinski definition) is 2. The Morgan fingerprint density at radius 3 is 2.50 bits per heavy atom. The summed E-state index contributed by atoms with van der Waals surface area (Å²) in [6.45, 7) is 5.15. The van der Waals surface area contributed by atoms with E-state index in [0.29, 0.717) is 0 Å². The van der Waals surface area contributed by atoms with E-state index in [0.717, 1.165) is 13.0 Å². The van der Waals surface area contributed by atoms with Crippen LogP contribution in [0.5, 0.6) is 0 Å². The molecule has 0 atom stereocenters. The number of benzene rings is 1. The number of nitrogens with zero attached hydrogens (tertiary/aromatic N) is 2. The summed E-state index contributed by atoms with van der Waals surface area (Å²) in [7, 11) is 1.98. The van der Waals surface area contributed by atoms with Gasteiger partial charge in [0.1, 0.15) is 0 Å². The Labute approximate surface area is 116 Å². The van der Waals surface area contributed by atoms with Crippen molar-refractivity contribution in [1.82, 2.24) is 9.78 Å². The van der Waals surface area contributed by atoms with Crippen molar-refractivity contribution in [3.05, 3.63) is 45.7 Å². The molecular formula is C14H18BrN3. The molecule has 0 saturated heterocycles. The highest BCUT2D eigenvalue weighted by Gasteiger charge is 2.02. The van der Waals surface area contributed by atoms with Gasteiger partial charge in [-0.3, -0.25) is 4.68 Å². The minimum atomic E-state index is 0.917. The third kappa shape index (κ3) is 2.93. The van der Waals surface area contributed by atoms with E-state index in [4.69, 9.17) is 0 Å². The van der Waals surface area contributed by atoms with Crippen LogP contribution >= 0.6 is 15.9 Å². The molecule has 4 heteroatoms. The quantitative estimate of drug-likeness (QED) is 0.937. The van der Waals surface area contributed by atoms with Gasteiger partial charge in [-0.1, -0.05) is 15.9 Å².